The van der Waals surface area contributed by atoms with Crippen molar-refractivity contribution < 1.29 is 19.5 Å². The molecule has 0 saturated heterocycles. The lowest BCUT2D eigenvalue weighted by molar-refractivity contribution is -0.120. The standard InChI is InChI=1S/C13H10BrNO4/c1-6-7(2)12(17)15(11(6)16)10-5-8(13(18)19)3-4-9(10)14/h3-5H,1-2H3,(H,18,19). The molecule has 0 atom stereocenters. The summed E-state index contributed by atoms with van der Waals surface area (Å²) >= 11 is 3.23. The second-order valence-electron chi connectivity index (χ2n) is 4.17. The topological polar surface area (TPSA) is 74.7 Å². The summed E-state index contributed by atoms with van der Waals surface area (Å²) < 4.78 is 0.488. The summed E-state index contributed by atoms with van der Waals surface area (Å²) in [5.74, 6) is -1.97. The predicted molar refractivity (Wildman–Crippen MR) is 72.0 cm³/mol. The van der Waals surface area contributed by atoms with Crippen molar-refractivity contribution in [3.63, 3.8) is 0 Å². The molecule has 5 nitrogen and oxygen atoms in total. The summed E-state index contributed by atoms with van der Waals surface area (Å²) in [5.41, 5.74) is 1.00. The van der Waals surface area contributed by atoms with Crippen LogP contribution in [0.1, 0.15) is 24.2 Å². The molecule has 1 aliphatic heterocycles. The van der Waals surface area contributed by atoms with Gasteiger partial charge in [-0.15, -0.1) is 0 Å². The average molecular weight is 324 g/mol. The maximum Gasteiger partial charge on any atom is 0.335 e. The largest absolute Gasteiger partial charge is 0.478 e. The second kappa shape index (κ2) is 4.62. The van der Waals surface area contributed by atoms with Crippen molar-refractivity contribution in [1.29, 1.82) is 0 Å². The van der Waals surface area contributed by atoms with Crippen LogP contribution >= 0.6 is 15.9 Å². The van der Waals surface area contributed by atoms with Gasteiger partial charge in [0, 0.05) is 15.6 Å². The van der Waals surface area contributed by atoms with Gasteiger partial charge in [0.05, 0.1) is 11.3 Å². The Morgan fingerprint density at radius 1 is 1.16 bits per heavy atom. The monoisotopic (exact) mass is 323 g/mol. The van der Waals surface area contributed by atoms with Crippen molar-refractivity contribution in [3.8, 4) is 0 Å². The Morgan fingerprint density at radius 3 is 2.16 bits per heavy atom. The molecule has 2 amide bonds. The number of halogens is 1. The van der Waals surface area contributed by atoms with Gasteiger partial charge in [-0.1, -0.05) is 0 Å². The maximum atomic E-state index is 12.0. The molecule has 1 N–H and O–H groups in total. The lowest BCUT2D eigenvalue weighted by Gasteiger charge is -2.17. The van der Waals surface area contributed by atoms with Crippen molar-refractivity contribution >= 4 is 39.4 Å². The van der Waals surface area contributed by atoms with E-state index in [9.17, 15) is 14.4 Å². The van der Waals surface area contributed by atoms with E-state index in [1.54, 1.807) is 13.8 Å². The zero-order valence-electron chi connectivity index (χ0n) is 10.2. The number of carboxylic acid groups (broad SMARTS) is 1. The number of carbonyl (C=O) groups excluding carboxylic acids is 2. The number of nitrogens with zero attached hydrogens (tertiary/aromatic N) is 1. The van der Waals surface area contributed by atoms with Crippen molar-refractivity contribution in [2.24, 2.45) is 0 Å². The highest BCUT2D eigenvalue weighted by Crippen LogP contribution is 2.33. The molecule has 0 aliphatic carbocycles. The van der Waals surface area contributed by atoms with Crippen LogP contribution in [-0.4, -0.2) is 22.9 Å². The van der Waals surface area contributed by atoms with Crippen LogP contribution in [0.4, 0.5) is 5.69 Å². The Morgan fingerprint density at radius 2 is 1.68 bits per heavy atom. The van der Waals surface area contributed by atoms with E-state index < -0.39 is 17.8 Å². The fraction of sp³-hybridized carbons (Fsp3) is 0.154. The third kappa shape index (κ3) is 2.08. The summed E-state index contributed by atoms with van der Waals surface area (Å²) in [4.78, 5) is 36.0. The van der Waals surface area contributed by atoms with Crippen LogP contribution in [0.5, 0.6) is 0 Å². The number of anilines is 1. The molecule has 6 heteroatoms. The first kappa shape index (κ1) is 13.5. The molecule has 19 heavy (non-hydrogen) atoms. The molecule has 1 heterocycles. The molecular weight excluding hydrogens is 314 g/mol. The first-order valence-electron chi connectivity index (χ1n) is 5.43. The Hall–Kier alpha value is -1.95. The highest BCUT2D eigenvalue weighted by molar-refractivity contribution is 9.10. The van der Waals surface area contributed by atoms with Gasteiger partial charge < -0.3 is 5.11 Å². The van der Waals surface area contributed by atoms with Crippen molar-refractivity contribution in [2.75, 3.05) is 4.90 Å². The maximum absolute atomic E-state index is 12.0. The number of hydrogen-bond acceptors (Lipinski definition) is 3. The fourth-order valence-corrected chi connectivity index (χ4v) is 2.21. The van der Waals surface area contributed by atoms with Crippen LogP contribution in [0, 0.1) is 0 Å². The van der Waals surface area contributed by atoms with Gasteiger partial charge in [-0.3, -0.25) is 9.59 Å². The van der Waals surface area contributed by atoms with Gasteiger partial charge in [-0.2, -0.15) is 0 Å². The third-order valence-electron chi connectivity index (χ3n) is 3.04. The van der Waals surface area contributed by atoms with E-state index in [0.29, 0.717) is 15.6 Å². The fourth-order valence-electron chi connectivity index (χ4n) is 1.78. The number of amides is 2. The van der Waals surface area contributed by atoms with Crippen molar-refractivity contribution in [3.05, 3.63) is 39.4 Å². The Labute approximate surface area is 117 Å². The van der Waals surface area contributed by atoms with Gasteiger partial charge in [-0.25, -0.2) is 9.69 Å². The van der Waals surface area contributed by atoms with Gasteiger partial charge in [0.25, 0.3) is 11.8 Å². The molecule has 0 bridgehead atoms. The van der Waals surface area contributed by atoms with Crippen LogP contribution in [-0.2, 0) is 9.59 Å². The molecule has 0 spiro atoms. The van der Waals surface area contributed by atoms with E-state index >= 15 is 0 Å². The number of rotatable bonds is 2. The van der Waals surface area contributed by atoms with E-state index in [0.717, 1.165) is 4.90 Å². The summed E-state index contributed by atoms with van der Waals surface area (Å²) in [7, 11) is 0. The average Bonchev–Trinajstić information content (AvgIpc) is 2.55. The molecular formula is C13H10BrNO4. The lowest BCUT2D eigenvalue weighted by atomic mass is 10.2. The first-order valence-corrected chi connectivity index (χ1v) is 6.23. The SMILES string of the molecule is CC1=C(C)C(=O)N(c2cc(C(=O)O)ccc2Br)C1=O. The molecule has 0 saturated carbocycles. The van der Waals surface area contributed by atoms with E-state index in [2.05, 4.69) is 15.9 Å². The zero-order chi connectivity index (χ0) is 14.3. The number of imide groups is 1. The normalized spacial score (nSPS) is 15.4. The highest BCUT2D eigenvalue weighted by Gasteiger charge is 2.35. The van der Waals surface area contributed by atoms with Crippen LogP contribution in [0.25, 0.3) is 0 Å². The molecule has 0 aromatic heterocycles. The molecule has 1 aliphatic rings. The molecule has 98 valence electrons. The summed E-state index contributed by atoms with van der Waals surface area (Å²) in [6.07, 6.45) is 0. The minimum atomic E-state index is -1.12. The number of carboxylic acids is 1. The predicted octanol–water partition coefficient (Wildman–Crippen LogP) is 2.36. The number of hydrogen-bond donors (Lipinski definition) is 1. The minimum Gasteiger partial charge on any atom is -0.478 e. The molecule has 1 aromatic carbocycles. The lowest BCUT2D eigenvalue weighted by Crippen LogP contribution is -2.31. The molecule has 0 unspecified atom stereocenters. The smallest absolute Gasteiger partial charge is 0.335 e. The van der Waals surface area contributed by atoms with E-state index in [-0.39, 0.29) is 11.3 Å². The molecule has 2 rings (SSSR count). The summed E-state index contributed by atoms with van der Waals surface area (Å²) in [6.45, 7) is 3.15. The Balaban J connectivity index is 2.55. The van der Waals surface area contributed by atoms with Gasteiger partial charge >= 0.3 is 5.97 Å². The number of benzene rings is 1. The highest BCUT2D eigenvalue weighted by atomic mass is 79.9. The van der Waals surface area contributed by atoms with E-state index in [1.165, 1.54) is 18.2 Å². The second-order valence-corrected chi connectivity index (χ2v) is 5.02. The molecule has 0 radical (unpaired) electrons. The third-order valence-corrected chi connectivity index (χ3v) is 3.71. The first-order chi connectivity index (χ1) is 8.84. The van der Waals surface area contributed by atoms with Crippen molar-refractivity contribution in [1.82, 2.24) is 0 Å². The molecule has 0 fully saturated rings. The van der Waals surface area contributed by atoms with Crippen LogP contribution in [0.2, 0.25) is 0 Å². The van der Waals surface area contributed by atoms with Crippen LogP contribution < -0.4 is 4.90 Å². The Kier molecular flexibility index (Phi) is 3.28. The van der Waals surface area contributed by atoms with Crippen molar-refractivity contribution in [2.45, 2.75) is 13.8 Å². The van der Waals surface area contributed by atoms with E-state index in [1.807, 2.05) is 0 Å². The quantitative estimate of drug-likeness (QED) is 0.848. The van der Waals surface area contributed by atoms with Crippen LogP contribution in [0.15, 0.2) is 33.8 Å². The number of aromatic carboxylic acids is 1. The van der Waals surface area contributed by atoms with Gasteiger partial charge in [0.1, 0.15) is 0 Å². The van der Waals surface area contributed by atoms with Crippen LogP contribution in [0.3, 0.4) is 0 Å². The van der Waals surface area contributed by atoms with E-state index in [4.69, 9.17) is 5.11 Å². The van der Waals surface area contributed by atoms with Gasteiger partial charge in [0.2, 0.25) is 0 Å². The van der Waals surface area contributed by atoms with Gasteiger partial charge in [-0.05, 0) is 48.0 Å². The summed E-state index contributed by atoms with van der Waals surface area (Å²) in [6, 6.07) is 4.20. The summed E-state index contributed by atoms with van der Waals surface area (Å²) in [5, 5.41) is 8.96. The minimum absolute atomic E-state index is 0.0148. The number of carbonyl (C=O) groups is 3. The van der Waals surface area contributed by atoms with Gasteiger partial charge in [0.15, 0.2) is 0 Å². The Bertz CT molecular complexity index is 624. The molecule has 1 aromatic rings. The zero-order valence-corrected chi connectivity index (χ0v) is 11.8.